The molecule has 0 saturated carbocycles. The number of carbonyl (C=O) groups is 1. The van der Waals surface area contributed by atoms with Crippen LogP contribution < -0.4 is 5.73 Å². The summed E-state index contributed by atoms with van der Waals surface area (Å²) in [5.74, 6) is 1.91. The Bertz CT molecular complexity index is 362. The van der Waals surface area contributed by atoms with Gasteiger partial charge in [0.1, 0.15) is 5.76 Å². The zero-order valence-electron chi connectivity index (χ0n) is 9.53. The van der Waals surface area contributed by atoms with Gasteiger partial charge in [0.15, 0.2) is 0 Å². The number of aromatic carboxylic acids is 1. The summed E-state index contributed by atoms with van der Waals surface area (Å²) in [7, 11) is 0. The molecule has 0 amide bonds. The minimum absolute atomic E-state index is 0.0139. The first-order valence-corrected chi connectivity index (χ1v) is 6.30. The van der Waals surface area contributed by atoms with Gasteiger partial charge in [-0.3, -0.25) is 0 Å². The van der Waals surface area contributed by atoms with E-state index in [0.29, 0.717) is 18.2 Å². The van der Waals surface area contributed by atoms with Gasteiger partial charge in [0.25, 0.3) is 0 Å². The lowest BCUT2D eigenvalue weighted by Gasteiger charge is -2.06. The van der Waals surface area contributed by atoms with E-state index in [2.05, 4.69) is 6.92 Å². The average molecular weight is 243 g/mol. The van der Waals surface area contributed by atoms with Crippen LogP contribution in [0.2, 0.25) is 0 Å². The molecule has 1 heterocycles. The molecule has 1 atom stereocenters. The van der Waals surface area contributed by atoms with E-state index in [4.69, 9.17) is 15.3 Å². The fraction of sp³-hybridized carbons (Fsp3) is 0.545. The molecule has 0 aliphatic carbocycles. The minimum atomic E-state index is -1.02. The van der Waals surface area contributed by atoms with Crippen molar-refractivity contribution in [2.75, 3.05) is 12.3 Å². The van der Waals surface area contributed by atoms with Gasteiger partial charge in [-0.05, 0) is 31.2 Å². The summed E-state index contributed by atoms with van der Waals surface area (Å²) in [6.45, 7) is 4.56. The molecule has 0 aliphatic heterocycles. The number of hydrogen-bond acceptors (Lipinski definition) is 4. The second kappa shape index (κ2) is 5.96. The first-order chi connectivity index (χ1) is 7.54. The van der Waals surface area contributed by atoms with Gasteiger partial charge in [-0.2, -0.15) is 11.8 Å². The molecule has 0 saturated heterocycles. The van der Waals surface area contributed by atoms with E-state index >= 15 is 0 Å². The fourth-order valence-electron chi connectivity index (χ4n) is 1.21. The number of hydrogen-bond donors (Lipinski definition) is 2. The topological polar surface area (TPSA) is 76.5 Å². The van der Waals surface area contributed by atoms with Crippen LogP contribution in [0, 0.1) is 12.8 Å². The van der Waals surface area contributed by atoms with E-state index in [0.717, 1.165) is 17.1 Å². The quantitative estimate of drug-likeness (QED) is 0.800. The zero-order chi connectivity index (χ0) is 12.1. The lowest BCUT2D eigenvalue weighted by Crippen LogP contribution is -2.12. The molecule has 5 heteroatoms. The van der Waals surface area contributed by atoms with Gasteiger partial charge in [0, 0.05) is 11.3 Å². The molecule has 0 aromatic carbocycles. The maximum absolute atomic E-state index is 10.7. The van der Waals surface area contributed by atoms with Crippen molar-refractivity contribution < 1.29 is 14.3 Å². The van der Waals surface area contributed by atoms with Crippen LogP contribution in [0.25, 0.3) is 0 Å². The summed E-state index contributed by atoms with van der Waals surface area (Å²) < 4.78 is 5.12. The molecule has 0 fully saturated rings. The zero-order valence-corrected chi connectivity index (χ0v) is 10.3. The van der Waals surface area contributed by atoms with E-state index in [1.807, 2.05) is 0 Å². The molecule has 1 aromatic rings. The number of carboxylic acids is 1. The average Bonchev–Trinajstić information content (AvgIpc) is 2.60. The van der Waals surface area contributed by atoms with Crippen LogP contribution in [-0.2, 0) is 5.75 Å². The summed E-state index contributed by atoms with van der Waals surface area (Å²) >= 11 is 1.75. The van der Waals surface area contributed by atoms with E-state index in [1.54, 1.807) is 24.8 Å². The van der Waals surface area contributed by atoms with Crippen molar-refractivity contribution in [3.05, 3.63) is 23.2 Å². The smallest absolute Gasteiger partial charge is 0.371 e. The Hall–Kier alpha value is -0.940. The van der Waals surface area contributed by atoms with Crippen molar-refractivity contribution in [3.63, 3.8) is 0 Å². The standard InChI is InChI=1S/C11H17NO3S/c1-7(4-12)5-16-6-9-3-10(11(13)14)15-8(9)2/h3,7H,4-6,12H2,1-2H3,(H,13,14). The predicted octanol–water partition coefficient (Wildman–Crippen LogP) is 2.11. The van der Waals surface area contributed by atoms with Crippen molar-refractivity contribution in [2.45, 2.75) is 19.6 Å². The van der Waals surface area contributed by atoms with Crippen LogP contribution >= 0.6 is 11.8 Å². The van der Waals surface area contributed by atoms with Crippen molar-refractivity contribution >= 4 is 17.7 Å². The monoisotopic (exact) mass is 243 g/mol. The minimum Gasteiger partial charge on any atom is -0.475 e. The molecule has 0 bridgehead atoms. The number of nitrogens with two attached hydrogens (primary N) is 1. The van der Waals surface area contributed by atoms with Crippen LogP contribution in [0.3, 0.4) is 0 Å². The molecule has 3 N–H and O–H groups in total. The van der Waals surface area contributed by atoms with Gasteiger partial charge in [-0.15, -0.1) is 0 Å². The third kappa shape index (κ3) is 3.57. The number of furan rings is 1. The molecule has 16 heavy (non-hydrogen) atoms. The lowest BCUT2D eigenvalue weighted by atomic mass is 10.2. The summed E-state index contributed by atoms with van der Waals surface area (Å²) in [6.07, 6.45) is 0. The van der Waals surface area contributed by atoms with Crippen LogP contribution in [0.1, 0.15) is 28.8 Å². The highest BCUT2D eigenvalue weighted by molar-refractivity contribution is 7.98. The second-order valence-corrected chi connectivity index (χ2v) is 4.88. The largest absolute Gasteiger partial charge is 0.475 e. The van der Waals surface area contributed by atoms with Gasteiger partial charge < -0.3 is 15.3 Å². The molecular formula is C11H17NO3S. The van der Waals surface area contributed by atoms with E-state index in [1.165, 1.54) is 0 Å². The Morgan fingerprint density at radius 3 is 2.88 bits per heavy atom. The van der Waals surface area contributed by atoms with Crippen LogP contribution in [-0.4, -0.2) is 23.4 Å². The summed E-state index contributed by atoms with van der Waals surface area (Å²) in [6, 6.07) is 1.60. The van der Waals surface area contributed by atoms with E-state index in [9.17, 15) is 4.79 Å². The Kier molecular flexibility index (Phi) is 4.89. The van der Waals surface area contributed by atoms with Crippen molar-refractivity contribution in [1.82, 2.24) is 0 Å². The van der Waals surface area contributed by atoms with Crippen LogP contribution in [0.15, 0.2) is 10.5 Å². The summed E-state index contributed by atoms with van der Waals surface area (Å²) in [5.41, 5.74) is 6.47. The Morgan fingerprint density at radius 2 is 2.38 bits per heavy atom. The van der Waals surface area contributed by atoms with Crippen LogP contribution in [0.4, 0.5) is 0 Å². The Morgan fingerprint density at radius 1 is 1.69 bits per heavy atom. The van der Waals surface area contributed by atoms with Gasteiger partial charge in [0.05, 0.1) is 0 Å². The van der Waals surface area contributed by atoms with E-state index < -0.39 is 5.97 Å². The van der Waals surface area contributed by atoms with Crippen molar-refractivity contribution in [3.8, 4) is 0 Å². The number of carboxylic acid groups (broad SMARTS) is 1. The predicted molar refractivity (Wildman–Crippen MR) is 64.8 cm³/mol. The maximum atomic E-state index is 10.7. The molecule has 4 nitrogen and oxygen atoms in total. The van der Waals surface area contributed by atoms with Crippen LogP contribution in [0.5, 0.6) is 0 Å². The maximum Gasteiger partial charge on any atom is 0.371 e. The molecular weight excluding hydrogens is 226 g/mol. The summed E-state index contributed by atoms with van der Waals surface area (Å²) in [5, 5.41) is 8.76. The highest BCUT2D eigenvalue weighted by atomic mass is 32.2. The second-order valence-electron chi connectivity index (χ2n) is 3.85. The Labute approximate surface area is 99.2 Å². The Balaban J connectivity index is 2.51. The molecule has 0 spiro atoms. The van der Waals surface area contributed by atoms with Crippen molar-refractivity contribution in [1.29, 1.82) is 0 Å². The van der Waals surface area contributed by atoms with Gasteiger partial charge in [-0.25, -0.2) is 4.79 Å². The summed E-state index contributed by atoms with van der Waals surface area (Å²) in [4.78, 5) is 10.7. The molecule has 1 rings (SSSR count). The van der Waals surface area contributed by atoms with Gasteiger partial charge in [0.2, 0.25) is 5.76 Å². The highest BCUT2D eigenvalue weighted by Crippen LogP contribution is 2.21. The molecule has 90 valence electrons. The normalized spacial score (nSPS) is 12.7. The number of thioether (sulfide) groups is 1. The number of rotatable bonds is 6. The van der Waals surface area contributed by atoms with Crippen molar-refractivity contribution in [2.24, 2.45) is 11.7 Å². The third-order valence-corrected chi connectivity index (χ3v) is 3.61. The molecule has 0 radical (unpaired) electrons. The molecule has 0 aliphatic rings. The van der Waals surface area contributed by atoms with Gasteiger partial charge in [-0.1, -0.05) is 6.92 Å². The first kappa shape index (κ1) is 13.1. The fourth-order valence-corrected chi connectivity index (χ4v) is 2.37. The third-order valence-electron chi connectivity index (χ3n) is 2.29. The first-order valence-electron chi connectivity index (χ1n) is 5.15. The number of aryl methyl sites for hydroxylation is 1. The van der Waals surface area contributed by atoms with Gasteiger partial charge >= 0.3 is 5.97 Å². The molecule has 1 aromatic heterocycles. The van der Waals surface area contributed by atoms with E-state index in [-0.39, 0.29) is 5.76 Å². The lowest BCUT2D eigenvalue weighted by molar-refractivity contribution is 0.0661. The SMILES string of the molecule is Cc1oc(C(=O)O)cc1CSCC(C)CN. The highest BCUT2D eigenvalue weighted by Gasteiger charge is 2.13. The molecule has 1 unspecified atom stereocenters.